The summed E-state index contributed by atoms with van der Waals surface area (Å²) in [6.45, 7) is 4.09. The Morgan fingerprint density at radius 3 is 2.33 bits per heavy atom. The van der Waals surface area contributed by atoms with Crippen molar-refractivity contribution in [1.29, 1.82) is 0 Å². The maximum atomic E-state index is 4.25. The summed E-state index contributed by atoms with van der Waals surface area (Å²) in [7, 11) is 1.83. The molecule has 1 aromatic rings. The Morgan fingerprint density at radius 2 is 1.71 bits per heavy atom. The van der Waals surface area contributed by atoms with Gasteiger partial charge in [0.25, 0.3) is 0 Å². The predicted molar refractivity (Wildman–Crippen MR) is 96.5 cm³/mol. The molecule has 0 amide bonds. The number of hydrogen-bond donors (Lipinski definition) is 2. The van der Waals surface area contributed by atoms with Crippen molar-refractivity contribution < 1.29 is 0 Å². The number of thioether (sulfide) groups is 1. The molecule has 118 valence electrons. The lowest BCUT2D eigenvalue weighted by molar-refractivity contribution is 0.730. The van der Waals surface area contributed by atoms with Crippen LogP contribution < -0.4 is 10.6 Å². The van der Waals surface area contributed by atoms with Crippen LogP contribution in [0.4, 0.5) is 0 Å². The van der Waals surface area contributed by atoms with Crippen molar-refractivity contribution in [2.45, 2.75) is 32.6 Å². The van der Waals surface area contributed by atoms with E-state index in [-0.39, 0.29) is 0 Å². The minimum Gasteiger partial charge on any atom is -0.356 e. The normalized spacial score (nSPS) is 11.5. The van der Waals surface area contributed by atoms with Crippen molar-refractivity contribution >= 4 is 17.7 Å². The van der Waals surface area contributed by atoms with Crippen LogP contribution in [0, 0.1) is 0 Å². The maximum Gasteiger partial charge on any atom is 0.190 e. The van der Waals surface area contributed by atoms with Crippen LogP contribution in [0.15, 0.2) is 29.3 Å². The number of rotatable bonds is 9. The predicted octanol–water partition coefficient (Wildman–Crippen LogP) is 3.10. The van der Waals surface area contributed by atoms with Gasteiger partial charge in [0.15, 0.2) is 5.96 Å². The molecule has 4 heteroatoms. The van der Waals surface area contributed by atoms with E-state index in [0.717, 1.165) is 31.9 Å². The summed E-state index contributed by atoms with van der Waals surface area (Å²) in [4.78, 5) is 4.25. The first kappa shape index (κ1) is 17.9. The highest BCUT2D eigenvalue weighted by Gasteiger charge is 1.98. The Kier molecular flexibility index (Phi) is 9.79. The van der Waals surface area contributed by atoms with Crippen molar-refractivity contribution in [2.75, 3.05) is 32.1 Å². The zero-order valence-corrected chi connectivity index (χ0v) is 14.4. The van der Waals surface area contributed by atoms with Crippen LogP contribution in [-0.4, -0.2) is 38.1 Å². The van der Waals surface area contributed by atoms with Gasteiger partial charge in [-0.1, -0.05) is 31.2 Å². The molecule has 0 heterocycles. The topological polar surface area (TPSA) is 36.4 Å². The molecule has 0 bridgehead atoms. The molecular formula is C17H29N3S. The molecule has 0 aliphatic heterocycles. The highest BCUT2D eigenvalue weighted by molar-refractivity contribution is 7.98. The van der Waals surface area contributed by atoms with E-state index in [0.29, 0.717) is 0 Å². The fraction of sp³-hybridized carbons (Fsp3) is 0.588. The minimum absolute atomic E-state index is 0.907. The first-order valence-corrected chi connectivity index (χ1v) is 9.20. The van der Waals surface area contributed by atoms with E-state index in [4.69, 9.17) is 0 Å². The maximum absolute atomic E-state index is 4.25. The van der Waals surface area contributed by atoms with E-state index in [2.05, 4.69) is 53.1 Å². The molecule has 3 nitrogen and oxygen atoms in total. The van der Waals surface area contributed by atoms with E-state index in [9.17, 15) is 0 Å². The number of nitrogens with one attached hydrogen (secondary N) is 2. The van der Waals surface area contributed by atoms with Crippen LogP contribution in [0.25, 0.3) is 0 Å². The summed E-state index contributed by atoms with van der Waals surface area (Å²) in [6, 6.07) is 8.88. The zero-order chi connectivity index (χ0) is 15.3. The lowest BCUT2D eigenvalue weighted by atomic mass is 10.1. The standard InChI is InChI=1S/C17H29N3S/c1-4-15-7-9-16(10-8-15)11-13-20-17(18-2)19-12-5-6-14-21-3/h7-10H,4-6,11-14H2,1-3H3,(H2,18,19,20). The zero-order valence-electron chi connectivity index (χ0n) is 13.6. The Labute approximate surface area is 134 Å². The summed E-state index contributed by atoms with van der Waals surface area (Å²) in [5.41, 5.74) is 2.77. The summed E-state index contributed by atoms with van der Waals surface area (Å²) < 4.78 is 0. The molecule has 0 aliphatic rings. The molecule has 0 saturated heterocycles. The van der Waals surface area contributed by atoms with Crippen LogP contribution in [0.2, 0.25) is 0 Å². The smallest absolute Gasteiger partial charge is 0.190 e. The van der Waals surface area contributed by atoms with E-state index in [1.54, 1.807) is 0 Å². The average Bonchev–Trinajstić information content (AvgIpc) is 2.53. The number of unbranched alkanes of at least 4 members (excludes halogenated alkanes) is 1. The quantitative estimate of drug-likeness (QED) is 0.418. The monoisotopic (exact) mass is 307 g/mol. The number of guanidine groups is 1. The van der Waals surface area contributed by atoms with Gasteiger partial charge in [0, 0.05) is 20.1 Å². The molecule has 0 atom stereocenters. The Morgan fingerprint density at radius 1 is 1.05 bits per heavy atom. The molecule has 0 spiro atoms. The first-order chi connectivity index (χ1) is 10.3. The van der Waals surface area contributed by atoms with Crippen molar-refractivity contribution in [3.8, 4) is 0 Å². The lowest BCUT2D eigenvalue weighted by Gasteiger charge is -2.12. The molecule has 0 fully saturated rings. The third kappa shape index (κ3) is 8.00. The van der Waals surface area contributed by atoms with Crippen molar-refractivity contribution in [3.05, 3.63) is 35.4 Å². The molecule has 1 rings (SSSR count). The molecule has 0 aliphatic carbocycles. The highest BCUT2D eigenvalue weighted by atomic mass is 32.2. The second-order valence-electron chi connectivity index (χ2n) is 5.05. The van der Waals surface area contributed by atoms with Crippen molar-refractivity contribution in [2.24, 2.45) is 4.99 Å². The second kappa shape index (κ2) is 11.5. The largest absolute Gasteiger partial charge is 0.356 e. The van der Waals surface area contributed by atoms with Crippen molar-refractivity contribution in [1.82, 2.24) is 10.6 Å². The fourth-order valence-corrected chi connectivity index (χ4v) is 2.56. The second-order valence-corrected chi connectivity index (χ2v) is 6.03. The van der Waals surface area contributed by atoms with E-state index in [1.165, 1.54) is 29.7 Å². The van der Waals surface area contributed by atoms with Gasteiger partial charge in [-0.25, -0.2) is 0 Å². The van der Waals surface area contributed by atoms with Gasteiger partial charge in [-0.05, 0) is 48.8 Å². The number of aryl methyl sites for hydroxylation is 1. The molecule has 2 N–H and O–H groups in total. The van der Waals surface area contributed by atoms with Crippen LogP contribution in [0.3, 0.4) is 0 Å². The average molecular weight is 308 g/mol. The molecule has 0 aromatic heterocycles. The van der Waals surface area contributed by atoms with Gasteiger partial charge in [-0.2, -0.15) is 11.8 Å². The molecule has 1 aromatic carbocycles. The van der Waals surface area contributed by atoms with Crippen LogP contribution in [0.1, 0.15) is 30.9 Å². The molecule has 0 saturated carbocycles. The van der Waals surface area contributed by atoms with Gasteiger partial charge >= 0.3 is 0 Å². The highest BCUT2D eigenvalue weighted by Crippen LogP contribution is 2.05. The number of hydrogen-bond acceptors (Lipinski definition) is 2. The molecular weight excluding hydrogens is 278 g/mol. The fourth-order valence-electron chi connectivity index (χ4n) is 2.07. The SMILES string of the molecule is CCc1ccc(CCNC(=NC)NCCCCSC)cc1. The number of aliphatic imine (C=N–C) groups is 1. The van der Waals surface area contributed by atoms with E-state index >= 15 is 0 Å². The Hall–Kier alpha value is -1.16. The Bertz CT molecular complexity index is 401. The molecule has 21 heavy (non-hydrogen) atoms. The summed E-state index contributed by atoms with van der Waals surface area (Å²) >= 11 is 1.91. The van der Waals surface area contributed by atoms with E-state index in [1.807, 2.05) is 18.8 Å². The third-order valence-corrected chi connectivity index (χ3v) is 4.13. The van der Waals surface area contributed by atoms with Crippen LogP contribution >= 0.6 is 11.8 Å². The number of nitrogens with zero attached hydrogens (tertiary/aromatic N) is 1. The van der Waals surface area contributed by atoms with Crippen molar-refractivity contribution in [3.63, 3.8) is 0 Å². The molecule has 0 unspecified atom stereocenters. The Balaban J connectivity index is 2.19. The molecule has 0 radical (unpaired) electrons. The van der Waals surface area contributed by atoms with Crippen LogP contribution in [-0.2, 0) is 12.8 Å². The third-order valence-electron chi connectivity index (χ3n) is 3.43. The van der Waals surface area contributed by atoms with Gasteiger partial charge < -0.3 is 10.6 Å². The lowest BCUT2D eigenvalue weighted by Crippen LogP contribution is -2.38. The van der Waals surface area contributed by atoms with Gasteiger partial charge in [0.05, 0.1) is 0 Å². The summed E-state index contributed by atoms with van der Waals surface area (Å²) in [6.07, 6.45) is 6.73. The van der Waals surface area contributed by atoms with Crippen LogP contribution in [0.5, 0.6) is 0 Å². The summed E-state index contributed by atoms with van der Waals surface area (Å²) in [5.74, 6) is 2.14. The van der Waals surface area contributed by atoms with Gasteiger partial charge in [0.1, 0.15) is 0 Å². The number of benzene rings is 1. The first-order valence-electron chi connectivity index (χ1n) is 7.81. The van der Waals surface area contributed by atoms with Gasteiger partial charge in [-0.3, -0.25) is 4.99 Å². The van der Waals surface area contributed by atoms with Gasteiger partial charge in [-0.15, -0.1) is 0 Å². The minimum atomic E-state index is 0.907. The van der Waals surface area contributed by atoms with Gasteiger partial charge in [0.2, 0.25) is 0 Å². The summed E-state index contributed by atoms with van der Waals surface area (Å²) in [5, 5.41) is 6.73. The van der Waals surface area contributed by atoms with E-state index < -0.39 is 0 Å².